The van der Waals surface area contributed by atoms with Crippen LogP contribution in [0.3, 0.4) is 0 Å². The van der Waals surface area contributed by atoms with Crippen molar-refractivity contribution < 1.29 is 29.2 Å². The molecule has 3 N–H and O–H groups in total. The number of nitrogens with one attached hydrogen (secondary N) is 1. The summed E-state index contributed by atoms with van der Waals surface area (Å²) in [5.41, 5.74) is 6.17. The summed E-state index contributed by atoms with van der Waals surface area (Å²) in [7, 11) is 3.18. The Morgan fingerprint density at radius 1 is 1.05 bits per heavy atom. The molecule has 38 heavy (non-hydrogen) atoms. The van der Waals surface area contributed by atoms with Crippen molar-refractivity contribution in [3.63, 3.8) is 0 Å². The van der Waals surface area contributed by atoms with E-state index >= 15 is 0 Å². The minimum Gasteiger partial charge on any atom is -0.496 e. The first-order chi connectivity index (χ1) is 18.3. The number of hydrogen-bond acceptors (Lipinski definition) is 6. The molecule has 0 radical (unpaired) electrons. The van der Waals surface area contributed by atoms with Crippen molar-refractivity contribution >= 4 is 17.0 Å². The van der Waals surface area contributed by atoms with Gasteiger partial charge in [0, 0.05) is 12.0 Å². The highest BCUT2D eigenvalue weighted by Gasteiger charge is 2.31. The molecule has 1 aliphatic carbocycles. The molecular formula is C30H32N2O6. The van der Waals surface area contributed by atoms with Gasteiger partial charge in [-0.05, 0) is 66.3 Å². The van der Waals surface area contributed by atoms with Gasteiger partial charge in [-0.15, -0.1) is 0 Å². The van der Waals surface area contributed by atoms with Gasteiger partial charge in [-0.3, -0.25) is 4.79 Å². The van der Waals surface area contributed by atoms with Gasteiger partial charge in [0.05, 0.1) is 43.9 Å². The fourth-order valence-electron chi connectivity index (χ4n) is 5.26. The van der Waals surface area contributed by atoms with Crippen molar-refractivity contribution in [1.82, 2.24) is 9.97 Å². The molecule has 0 spiro atoms. The van der Waals surface area contributed by atoms with E-state index < -0.39 is 18.2 Å². The number of nitrogens with zero attached hydrogens (tertiary/aromatic N) is 1. The summed E-state index contributed by atoms with van der Waals surface area (Å²) < 4.78 is 17.7. The highest BCUT2D eigenvalue weighted by Crippen LogP contribution is 2.35. The van der Waals surface area contributed by atoms with Crippen molar-refractivity contribution in [1.29, 1.82) is 0 Å². The number of carboxylic acids is 1. The van der Waals surface area contributed by atoms with Crippen molar-refractivity contribution in [2.45, 2.75) is 50.9 Å². The number of imidazole rings is 1. The van der Waals surface area contributed by atoms with Crippen LogP contribution in [0.25, 0.3) is 11.0 Å². The Morgan fingerprint density at radius 3 is 2.32 bits per heavy atom. The Balaban J connectivity index is 1.45. The van der Waals surface area contributed by atoms with Crippen LogP contribution in [0.4, 0.5) is 0 Å². The summed E-state index contributed by atoms with van der Waals surface area (Å²) in [5.74, 6) is 1.01. The number of aliphatic carboxylic acids is 1. The summed E-state index contributed by atoms with van der Waals surface area (Å²) in [4.78, 5) is 19.1. The van der Waals surface area contributed by atoms with Crippen molar-refractivity contribution in [3.05, 3.63) is 88.2 Å². The predicted octanol–water partition coefficient (Wildman–Crippen LogP) is 4.34. The molecule has 0 aliphatic heterocycles. The summed E-state index contributed by atoms with van der Waals surface area (Å²) in [6, 6.07) is 17.3. The minimum atomic E-state index is -0.974. The van der Waals surface area contributed by atoms with Crippen LogP contribution >= 0.6 is 0 Å². The van der Waals surface area contributed by atoms with Crippen LogP contribution in [0.2, 0.25) is 0 Å². The number of carbonyl (C=O) groups is 1. The third-order valence-corrected chi connectivity index (χ3v) is 7.20. The smallest absolute Gasteiger partial charge is 0.307 e. The predicted molar refractivity (Wildman–Crippen MR) is 143 cm³/mol. The normalized spacial score (nSPS) is 14.8. The Kier molecular flexibility index (Phi) is 7.35. The minimum absolute atomic E-state index is 0.0675. The number of H-pyrrole nitrogens is 1. The van der Waals surface area contributed by atoms with Gasteiger partial charge in [0.1, 0.15) is 23.4 Å². The number of ether oxygens (including phenoxy) is 3. The number of aliphatic hydroxyl groups excluding tert-OH is 1. The molecule has 5 rings (SSSR count). The first kappa shape index (κ1) is 25.8. The Labute approximate surface area is 221 Å². The molecule has 3 aromatic carbocycles. The maximum absolute atomic E-state index is 11.6. The topological polar surface area (TPSA) is 114 Å². The van der Waals surface area contributed by atoms with Gasteiger partial charge >= 0.3 is 5.97 Å². The number of fused-ring (bicyclic) bond motifs is 2. The van der Waals surface area contributed by atoms with Crippen LogP contribution in [0.1, 0.15) is 39.7 Å². The van der Waals surface area contributed by atoms with Gasteiger partial charge in [-0.1, -0.05) is 30.3 Å². The Bertz CT molecular complexity index is 1410. The summed E-state index contributed by atoms with van der Waals surface area (Å²) in [6.45, 7) is 1.91. The van der Waals surface area contributed by atoms with Gasteiger partial charge < -0.3 is 29.4 Å². The fraction of sp³-hybridized carbons (Fsp3) is 0.333. The van der Waals surface area contributed by atoms with Gasteiger partial charge in [0.15, 0.2) is 0 Å². The Morgan fingerprint density at radius 2 is 1.71 bits per heavy atom. The quantitative estimate of drug-likeness (QED) is 0.287. The molecule has 2 atom stereocenters. The fourth-order valence-corrected chi connectivity index (χ4v) is 5.26. The lowest BCUT2D eigenvalue weighted by molar-refractivity contribution is -0.136. The highest BCUT2D eigenvalue weighted by molar-refractivity contribution is 5.78. The van der Waals surface area contributed by atoms with E-state index in [4.69, 9.17) is 24.3 Å². The lowest BCUT2D eigenvalue weighted by Crippen LogP contribution is -2.31. The largest absolute Gasteiger partial charge is 0.496 e. The second-order valence-corrected chi connectivity index (χ2v) is 9.78. The van der Waals surface area contributed by atoms with E-state index in [0.29, 0.717) is 40.4 Å². The van der Waals surface area contributed by atoms with Gasteiger partial charge in [-0.2, -0.15) is 0 Å². The van der Waals surface area contributed by atoms with Gasteiger partial charge in [0.25, 0.3) is 0 Å². The number of hydrogen-bond donors (Lipinski definition) is 3. The number of carboxylic acid groups (broad SMARTS) is 1. The third kappa shape index (κ3) is 5.37. The van der Waals surface area contributed by atoms with Crippen LogP contribution in [0.5, 0.6) is 11.5 Å². The first-order valence-electron chi connectivity index (χ1n) is 12.7. The van der Waals surface area contributed by atoms with Crippen LogP contribution in [0.15, 0.2) is 54.6 Å². The summed E-state index contributed by atoms with van der Waals surface area (Å²) >= 11 is 0. The molecule has 198 valence electrons. The van der Waals surface area contributed by atoms with Gasteiger partial charge in [0.2, 0.25) is 0 Å². The molecule has 1 aliphatic rings. The molecule has 0 fully saturated rings. The molecule has 0 unspecified atom stereocenters. The number of aliphatic hydroxyl groups is 1. The van der Waals surface area contributed by atoms with E-state index in [1.807, 2.05) is 37.3 Å². The van der Waals surface area contributed by atoms with E-state index in [2.05, 4.69) is 17.1 Å². The number of methoxy groups -OCH3 is 2. The van der Waals surface area contributed by atoms with Crippen LogP contribution in [0, 0.1) is 6.92 Å². The lowest BCUT2D eigenvalue weighted by Gasteiger charge is -2.27. The van der Waals surface area contributed by atoms with Crippen LogP contribution in [-0.2, 0) is 35.2 Å². The zero-order chi connectivity index (χ0) is 26.8. The number of benzene rings is 3. The van der Waals surface area contributed by atoms with E-state index in [0.717, 1.165) is 23.9 Å². The number of aromatic amines is 1. The average molecular weight is 517 g/mol. The molecule has 1 aromatic heterocycles. The summed E-state index contributed by atoms with van der Waals surface area (Å²) in [6.07, 6.45) is 0.158. The molecule has 8 heteroatoms. The molecule has 8 nitrogen and oxygen atoms in total. The molecular weight excluding hydrogens is 484 g/mol. The maximum atomic E-state index is 11.6. The zero-order valence-electron chi connectivity index (χ0n) is 21.7. The second kappa shape index (κ2) is 10.8. The molecule has 0 saturated carbocycles. The third-order valence-electron chi connectivity index (χ3n) is 7.20. The van der Waals surface area contributed by atoms with Crippen molar-refractivity contribution in [2.24, 2.45) is 0 Å². The number of rotatable bonds is 10. The van der Waals surface area contributed by atoms with Gasteiger partial charge in [-0.25, -0.2) is 4.98 Å². The molecule has 1 heterocycles. The Hall–Kier alpha value is -3.88. The van der Waals surface area contributed by atoms with E-state index in [1.165, 1.54) is 11.1 Å². The van der Waals surface area contributed by atoms with E-state index in [9.17, 15) is 9.90 Å². The first-order valence-corrected chi connectivity index (χ1v) is 12.7. The zero-order valence-corrected chi connectivity index (χ0v) is 21.7. The van der Waals surface area contributed by atoms with Crippen LogP contribution in [-0.4, -0.2) is 52.6 Å². The van der Waals surface area contributed by atoms with E-state index in [-0.39, 0.29) is 12.5 Å². The standard InChI is InChI=1S/C30H32N2O6/c1-17-25(36-2)14-21(15-26(17)37-3)30(35)27(38-22-12-19-6-4-5-7-20(19)13-22)16-28-31-23-9-8-18(11-29(33)34)10-24(23)32-28/h4-10,14-15,22,27,30,35H,11-13,16H2,1-3H3,(H,31,32)(H,33,34)/t27-,30+/m0/s1. The van der Waals surface area contributed by atoms with E-state index in [1.54, 1.807) is 26.4 Å². The average Bonchev–Trinajstić information content (AvgIpc) is 3.50. The maximum Gasteiger partial charge on any atom is 0.307 e. The molecule has 0 saturated heterocycles. The highest BCUT2D eigenvalue weighted by atomic mass is 16.5. The SMILES string of the molecule is COc1cc([C@@H](O)[C@H](Cc2nc3cc(CC(=O)O)ccc3[nH]2)OC2Cc3ccccc3C2)cc(OC)c1C. The van der Waals surface area contributed by atoms with Crippen molar-refractivity contribution in [2.75, 3.05) is 14.2 Å². The number of aromatic nitrogens is 2. The summed E-state index contributed by atoms with van der Waals surface area (Å²) in [5, 5.41) is 20.8. The molecule has 0 bridgehead atoms. The lowest BCUT2D eigenvalue weighted by atomic mass is 9.99. The van der Waals surface area contributed by atoms with Crippen molar-refractivity contribution in [3.8, 4) is 11.5 Å². The molecule has 0 amide bonds. The monoisotopic (exact) mass is 516 g/mol. The second-order valence-electron chi connectivity index (χ2n) is 9.78. The van der Waals surface area contributed by atoms with Crippen LogP contribution < -0.4 is 9.47 Å². The molecule has 4 aromatic rings.